The minimum Gasteiger partial charge on any atom is -0.493 e. The fourth-order valence-corrected chi connectivity index (χ4v) is 6.04. The van der Waals surface area contributed by atoms with E-state index in [1.807, 2.05) is 23.1 Å². The van der Waals surface area contributed by atoms with Gasteiger partial charge in [-0.15, -0.1) is 0 Å². The van der Waals surface area contributed by atoms with E-state index in [-0.39, 0.29) is 17.9 Å². The topological polar surface area (TPSA) is 71.1 Å². The fraction of sp³-hybridized carbons (Fsp3) is 0.517. The van der Waals surface area contributed by atoms with Gasteiger partial charge in [0, 0.05) is 18.7 Å². The number of amides is 2. The molecule has 192 valence electrons. The molecule has 1 fully saturated rings. The second kappa shape index (κ2) is 10.5. The SMILES string of the molecule is COc1cc2c(cc1OC)[C@@H](C(=O)NCCCN1CCC(C)CC1)[C@@H]1c3ccccc3CCN1C2=O. The van der Waals surface area contributed by atoms with E-state index >= 15 is 0 Å². The number of rotatable bonds is 7. The lowest BCUT2D eigenvalue weighted by Crippen LogP contribution is -2.50. The van der Waals surface area contributed by atoms with E-state index in [1.54, 1.807) is 20.3 Å². The van der Waals surface area contributed by atoms with Crippen LogP contribution in [0.1, 0.15) is 65.2 Å². The zero-order valence-electron chi connectivity index (χ0n) is 21.6. The van der Waals surface area contributed by atoms with Gasteiger partial charge in [0.1, 0.15) is 0 Å². The lowest BCUT2D eigenvalue weighted by atomic mass is 9.75. The molecule has 0 saturated carbocycles. The van der Waals surface area contributed by atoms with Crippen LogP contribution < -0.4 is 14.8 Å². The summed E-state index contributed by atoms with van der Waals surface area (Å²) >= 11 is 0. The number of carbonyl (C=O) groups excluding carboxylic acids is 2. The molecule has 7 heteroatoms. The van der Waals surface area contributed by atoms with E-state index in [0.717, 1.165) is 44.0 Å². The highest BCUT2D eigenvalue weighted by Crippen LogP contribution is 2.48. The molecule has 3 heterocycles. The van der Waals surface area contributed by atoms with Crippen molar-refractivity contribution in [1.82, 2.24) is 15.1 Å². The number of likely N-dealkylation sites (tertiary alicyclic amines) is 1. The molecule has 0 aliphatic carbocycles. The van der Waals surface area contributed by atoms with Gasteiger partial charge in [-0.1, -0.05) is 31.2 Å². The largest absolute Gasteiger partial charge is 0.493 e. The molecule has 0 unspecified atom stereocenters. The van der Waals surface area contributed by atoms with Gasteiger partial charge in [0.05, 0.1) is 26.2 Å². The summed E-state index contributed by atoms with van der Waals surface area (Å²) in [7, 11) is 3.14. The molecule has 1 N–H and O–H groups in total. The Balaban J connectivity index is 1.42. The van der Waals surface area contributed by atoms with Gasteiger partial charge < -0.3 is 24.6 Å². The van der Waals surface area contributed by atoms with Crippen molar-refractivity contribution in [2.75, 3.05) is 46.9 Å². The van der Waals surface area contributed by atoms with Crippen molar-refractivity contribution >= 4 is 11.8 Å². The van der Waals surface area contributed by atoms with E-state index in [1.165, 1.54) is 18.4 Å². The van der Waals surface area contributed by atoms with Crippen molar-refractivity contribution in [3.05, 3.63) is 58.7 Å². The molecular formula is C29H37N3O4. The number of nitrogens with one attached hydrogen (secondary N) is 1. The van der Waals surface area contributed by atoms with Crippen LogP contribution in [-0.2, 0) is 11.2 Å². The molecule has 7 nitrogen and oxygen atoms in total. The van der Waals surface area contributed by atoms with E-state index in [9.17, 15) is 9.59 Å². The van der Waals surface area contributed by atoms with Crippen LogP contribution in [0.2, 0.25) is 0 Å². The Morgan fingerprint density at radius 2 is 1.75 bits per heavy atom. The van der Waals surface area contributed by atoms with Crippen LogP contribution in [0.4, 0.5) is 0 Å². The van der Waals surface area contributed by atoms with Gasteiger partial charge in [0.2, 0.25) is 5.91 Å². The van der Waals surface area contributed by atoms with Crippen molar-refractivity contribution < 1.29 is 19.1 Å². The second-order valence-corrected chi connectivity index (χ2v) is 10.3. The normalized spacial score (nSPS) is 21.9. The fourth-order valence-electron chi connectivity index (χ4n) is 6.04. The van der Waals surface area contributed by atoms with Crippen LogP contribution in [0.25, 0.3) is 0 Å². The standard InChI is InChI=1S/C29H37N3O4/c1-19-9-14-31(15-10-19)13-6-12-30-28(33)26-22-17-24(35-2)25(36-3)18-23(22)29(34)32-16-11-20-7-4-5-8-21(20)27(26)32/h4-5,7-8,17-19,26-27H,6,9-16H2,1-3H3,(H,30,33)/t26-,27+/m1/s1. The second-order valence-electron chi connectivity index (χ2n) is 10.3. The zero-order chi connectivity index (χ0) is 25.2. The zero-order valence-corrected chi connectivity index (χ0v) is 21.6. The van der Waals surface area contributed by atoms with Crippen LogP contribution in [0.3, 0.4) is 0 Å². The monoisotopic (exact) mass is 491 g/mol. The quantitative estimate of drug-likeness (QED) is 0.597. The first-order valence-corrected chi connectivity index (χ1v) is 13.2. The van der Waals surface area contributed by atoms with E-state index in [4.69, 9.17) is 9.47 Å². The van der Waals surface area contributed by atoms with Crippen LogP contribution in [0, 0.1) is 5.92 Å². The molecule has 2 atom stereocenters. The lowest BCUT2D eigenvalue weighted by Gasteiger charge is -2.45. The van der Waals surface area contributed by atoms with Crippen molar-refractivity contribution in [3.63, 3.8) is 0 Å². The Kier molecular flexibility index (Phi) is 7.19. The van der Waals surface area contributed by atoms with Crippen molar-refractivity contribution in [2.24, 2.45) is 5.92 Å². The Labute approximate surface area is 213 Å². The van der Waals surface area contributed by atoms with Crippen LogP contribution in [0.15, 0.2) is 36.4 Å². The van der Waals surface area contributed by atoms with Gasteiger partial charge in [0.15, 0.2) is 11.5 Å². The number of hydrogen-bond donors (Lipinski definition) is 1. The first kappa shape index (κ1) is 24.6. The highest BCUT2D eigenvalue weighted by Gasteiger charge is 2.46. The molecular weight excluding hydrogens is 454 g/mol. The molecule has 2 aromatic carbocycles. The maximum atomic E-state index is 13.8. The molecule has 5 rings (SSSR count). The Bertz CT molecular complexity index is 1130. The summed E-state index contributed by atoms with van der Waals surface area (Å²) in [6, 6.07) is 11.4. The smallest absolute Gasteiger partial charge is 0.254 e. The third kappa shape index (κ3) is 4.57. The van der Waals surface area contributed by atoms with Crippen LogP contribution in [0.5, 0.6) is 11.5 Å². The summed E-state index contributed by atoms with van der Waals surface area (Å²) in [5, 5.41) is 3.21. The molecule has 0 aromatic heterocycles. The number of carbonyl (C=O) groups is 2. The maximum Gasteiger partial charge on any atom is 0.254 e. The lowest BCUT2D eigenvalue weighted by molar-refractivity contribution is -0.124. The summed E-state index contributed by atoms with van der Waals surface area (Å²) < 4.78 is 11.0. The first-order valence-electron chi connectivity index (χ1n) is 13.2. The number of piperidine rings is 1. The van der Waals surface area contributed by atoms with E-state index in [2.05, 4.69) is 29.3 Å². The molecule has 3 aliphatic heterocycles. The van der Waals surface area contributed by atoms with Crippen molar-refractivity contribution in [1.29, 1.82) is 0 Å². The average molecular weight is 492 g/mol. The summed E-state index contributed by atoms with van der Waals surface area (Å²) in [6.45, 7) is 6.81. The number of fused-ring (bicyclic) bond motifs is 4. The summed E-state index contributed by atoms with van der Waals surface area (Å²) in [4.78, 5) is 31.9. The number of methoxy groups -OCH3 is 2. The number of benzene rings is 2. The van der Waals surface area contributed by atoms with Crippen LogP contribution in [-0.4, -0.2) is 68.6 Å². The van der Waals surface area contributed by atoms with Gasteiger partial charge in [-0.25, -0.2) is 0 Å². The highest BCUT2D eigenvalue weighted by atomic mass is 16.5. The highest BCUT2D eigenvalue weighted by molar-refractivity contribution is 6.02. The Morgan fingerprint density at radius 1 is 1.03 bits per heavy atom. The Morgan fingerprint density at radius 3 is 2.50 bits per heavy atom. The van der Waals surface area contributed by atoms with Gasteiger partial charge in [-0.2, -0.15) is 0 Å². The number of nitrogens with zero attached hydrogens (tertiary/aromatic N) is 2. The summed E-state index contributed by atoms with van der Waals surface area (Å²) in [6.07, 6.45) is 4.20. The molecule has 3 aliphatic rings. The summed E-state index contributed by atoms with van der Waals surface area (Å²) in [5.74, 6) is 1.21. The molecule has 36 heavy (non-hydrogen) atoms. The van der Waals surface area contributed by atoms with Crippen LogP contribution >= 0.6 is 0 Å². The van der Waals surface area contributed by atoms with E-state index < -0.39 is 5.92 Å². The third-order valence-electron chi connectivity index (χ3n) is 8.14. The van der Waals surface area contributed by atoms with Gasteiger partial charge >= 0.3 is 0 Å². The van der Waals surface area contributed by atoms with Gasteiger partial charge in [0.25, 0.3) is 5.91 Å². The van der Waals surface area contributed by atoms with Gasteiger partial charge in [-0.3, -0.25) is 9.59 Å². The van der Waals surface area contributed by atoms with Crippen molar-refractivity contribution in [2.45, 2.75) is 44.6 Å². The van der Waals surface area contributed by atoms with E-state index in [0.29, 0.717) is 35.7 Å². The number of hydrogen-bond acceptors (Lipinski definition) is 5. The minimum atomic E-state index is -0.519. The average Bonchev–Trinajstić information content (AvgIpc) is 2.91. The first-order chi connectivity index (χ1) is 17.5. The molecule has 2 amide bonds. The summed E-state index contributed by atoms with van der Waals surface area (Å²) in [5.41, 5.74) is 3.48. The third-order valence-corrected chi connectivity index (χ3v) is 8.14. The molecule has 1 saturated heterocycles. The Hall–Kier alpha value is -3.06. The predicted molar refractivity (Wildman–Crippen MR) is 139 cm³/mol. The molecule has 0 bridgehead atoms. The maximum absolute atomic E-state index is 13.8. The number of ether oxygens (including phenoxy) is 2. The predicted octanol–water partition coefficient (Wildman–Crippen LogP) is 3.78. The minimum absolute atomic E-state index is 0.0464. The van der Waals surface area contributed by atoms with Crippen molar-refractivity contribution in [3.8, 4) is 11.5 Å². The molecule has 0 spiro atoms. The molecule has 0 radical (unpaired) electrons. The van der Waals surface area contributed by atoms with Gasteiger partial charge in [-0.05, 0) is 80.1 Å². The molecule has 2 aromatic rings.